The van der Waals surface area contributed by atoms with E-state index in [1.54, 1.807) is 19.1 Å². The number of halogens is 2. The van der Waals surface area contributed by atoms with Crippen molar-refractivity contribution >= 4 is 15.7 Å². The summed E-state index contributed by atoms with van der Waals surface area (Å²) in [5.41, 5.74) is 0.351. The van der Waals surface area contributed by atoms with Crippen LogP contribution < -0.4 is 9.46 Å². The minimum Gasteiger partial charge on any atom is -0.493 e. The van der Waals surface area contributed by atoms with Crippen LogP contribution in [0.15, 0.2) is 59.8 Å². The van der Waals surface area contributed by atoms with Crippen molar-refractivity contribution in [3.8, 4) is 16.9 Å². The van der Waals surface area contributed by atoms with Gasteiger partial charge in [0.1, 0.15) is 5.82 Å². The summed E-state index contributed by atoms with van der Waals surface area (Å²) in [4.78, 5) is 3.86. The van der Waals surface area contributed by atoms with Gasteiger partial charge in [-0.3, -0.25) is 9.71 Å². The predicted octanol–water partition coefficient (Wildman–Crippen LogP) is 4.14. The van der Waals surface area contributed by atoms with Crippen molar-refractivity contribution in [3.63, 3.8) is 0 Å². The number of benzene rings is 2. The molecule has 0 radical (unpaired) electrons. The quantitative estimate of drug-likeness (QED) is 0.711. The van der Waals surface area contributed by atoms with Crippen LogP contribution in [0.4, 0.5) is 14.5 Å². The standard InChI is InChI=1S/C19H16F2N2O3S/c1-12-8-9-22-11-14(12)17-15(20)10-16(18(21)19(17)26-2)23-27(24,25)13-6-4-3-5-7-13/h3-11,23H,1-2H3. The fourth-order valence-corrected chi connectivity index (χ4v) is 3.72. The van der Waals surface area contributed by atoms with Gasteiger partial charge in [0.05, 0.1) is 23.3 Å². The van der Waals surface area contributed by atoms with E-state index in [1.807, 2.05) is 0 Å². The molecule has 0 bridgehead atoms. The van der Waals surface area contributed by atoms with Gasteiger partial charge >= 0.3 is 0 Å². The zero-order chi connectivity index (χ0) is 19.6. The van der Waals surface area contributed by atoms with Gasteiger partial charge in [-0.1, -0.05) is 18.2 Å². The summed E-state index contributed by atoms with van der Waals surface area (Å²) in [6.07, 6.45) is 2.92. The van der Waals surface area contributed by atoms with E-state index >= 15 is 0 Å². The SMILES string of the molecule is COc1c(F)c(NS(=O)(=O)c2ccccc2)cc(F)c1-c1cnccc1C. The van der Waals surface area contributed by atoms with Crippen LogP contribution in [0.3, 0.4) is 0 Å². The molecule has 2 aromatic carbocycles. The van der Waals surface area contributed by atoms with Gasteiger partial charge in [-0.15, -0.1) is 0 Å². The van der Waals surface area contributed by atoms with Crippen LogP contribution in [0.2, 0.25) is 0 Å². The first-order chi connectivity index (χ1) is 12.8. The molecule has 1 heterocycles. The maximum absolute atomic E-state index is 14.9. The van der Waals surface area contributed by atoms with Gasteiger partial charge in [-0.05, 0) is 30.7 Å². The van der Waals surface area contributed by atoms with Gasteiger partial charge in [-0.2, -0.15) is 0 Å². The average Bonchev–Trinajstić information content (AvgIpc) is 2.65. The monoisotopic (exact) mass is 390 g/mol. The predicted molar refractivity (Wildman–Crippen MR) is 98.1 cm³/mol. The van der Waals surface area contributed by atoms with Gasteiger partial charge in [-0.25, -0.2) is 17.2 Å². The minimum absolute atomic E-state index is 0.0732. The lowest BCUT2D eigenvalue weighted by Gasteiger charge is -2.16. The van der Waals surface area contributed by atoms with Crippen LogP contribution in [-0.4, -0.2) is 20.5 Å². The molecule has 0 aliphatic rings. The molecule has 0 aliphatic carbocycles. The molecular weight excluding hydrogens is 374 g/mol. The Morgan fingerprint density at radius 3 is 2.44 bits per heavy atom. The Bertz CT molecular complexity index is 1090. The normalized spacial score (nSPS) is 11.3. The van der Waals surface area contributed by atoms with E-state index in [1.165, 1.54) is 43.8 Å². The fraction of sp³-hybridized carbons (Fsp3) is 0.105. The largest absolute Gasteiger partial charge is 0.493 e. The highest BCUT2D eigenvalue weighted by Crippen LogP contribution is 2.40. The van der Waals surface area contributed by atoms with Crippen molar-refractivity contribution in [1.82, 2.24) is 4.98 Å². The van der Waals surface area contributed by atoms with E-state index in [0.717, 1.165) is 6.07 Å². The Hall–Kier alpha value is -3.00. The maximum atomic E-state index is 14.9. The Morgan fingerprint density at radius 2 is 1.81 bits per heavy atom. The summed E-state index contributed by atoms with van der Waals surface area (Å²) >= 11 is 0. The van der Waals surface area contributed by atoms with Crippen molar-refractivity contribution < 1.29 is 21.9 Å². The summed E-state index contributed by atoms with van der Waals surface area (Å²) in [7, 11) is -2.90. The molecule has 0 fully saturated rings. The summed E-state index contributed by atoms with van der Waals surface area (Å²) < 4.78 is 61.7. The third-order valence-electron chi connectivity index (χ3n) is 3.98. The molecule has 0 unspecified atom stereocenters. The Balaban J connectivity index is 2.13. The number of hydrogen-bond donors (Lipinski definition) is 1. The summed E-state index contributed by atoms with van der Waals surface area (Å²) in [6, 6.07) is 9.84. The molecule has 0 aliphatic heterocycles. The number of ether oxygens (including phenoxy) is 1. The van der Waals surface area contributed by atoms with Crippen molar-refractivity contribution in [1.29, 1.82) is 0 Å². The van der Waals surface area contributed by atoms with Crippen molar-refractivity contribution in [2.24, 2.45) is 0 Å². The van der Waals surface area contributed by atoms with E-state index in [-0.39, 0.29) is 10.5 Å². The van der Waals surface area contributed by atoms with E-state index in [4.69, 9.17) is 4.74 Å². The van der Waals surface area contributed by atoms with Gasteiger partial charge in [0.25, 0.3) is 10.0 Å². The molecule has 3 rings (SSSR count). The van der Waals surface area contributed by atoms with Crippen molar-refractivity contribution in [3.05, 3.63) is 72.1 Å². The highest BCUT2D eigenvalue weighted by Gasteiger charge is 2.25. The first-order valence-electron chi connectivity index (χ1n) is 7.90. The van der Waals surface area contributed by atoms with Gasteiger partial charge < -0.3 is 4.74 Å². The average molecular weight is 390 g/mol. The highest BCUT2D eigenvalue weighted by molar-refractivity contribution is 7.92. The molecule has 0 atom stereocenters. The zero-order valence-electron chi connectivity index (χ0n) is 14.5. The van der Waals surface area contributed by atoms with Crippen LogP contribution in [0, 0.1) is 18.6 Å². The number of nitrogens with zero attached hydrogens (tertiary/aromatic N) is 1. The lowest BCUT2D eigenvalue weighted by molar-refractivity contribution is 0.386. The van der Waals surface area contributed by atoms with Gasteiger partial charge in [0, 0.05) is 24.0 Å². The first kappa shape index (κ1) is 18.8. The summed E-state index contributed by atoms with van der Waals surface area (Å²) in [5, 5.41) is 0. The smallest absolute Gasteiger partial charge is 0.261 e. The molecule has 5 nitrogen and oxygen atoms in total. The second kappa shape index (κ2) is 7.32. The van der Waals surface area contributed by atoms with Crippen LogP contribution in [0.25, 0.3) is 11.1 Å². The molecule has 0 spiro atoms. The number of hydrogen-bond acceptors (Lipinski definition) is 4. The van der Waals surface area contributed by atoms with Gasteiger partial charge in [0.15, 0.2) is 11.6 Å². The summed E-state index contributed by atoms with van der Waals surface area (Å²) in [6.45, 7) is 1.72. The molecule has 1 aromatic heterocycles. The third-order valence-corrected chi connectivity index (χ3v) is 5.36. The van der Waals surface area contributed by atoms with Crippen LogP contribution in [-0.2, 0) is 10.0 Å². The lowest BCUT2D eigenvalue weighted by atomic mass is 10.0. The van der Waals surface area contributed by atoms with Crippen LogP contribution in [0.5, 0.6) is 5.75 Å². The van der Waals surface area contributed by atoms with E-state index in [0.29, 0.717) is 11.1 Å². The summed E-state index contributed by atoms with van der Waals surface area (Å²) in [5.74, 6) is -2.26. The fourth-order valence-electron chi connectivity index (χ4n) is 2.65. The molecular formula is C19H16F2N2O3S. The van der Waals surface area contributed by atoms with Crippen LogP contribution >= 0.6 is 0 Å². The Morgan fingerprint density at radius 1 is 1.11 bits per heavy atom. The van der Waals surface area contributed by atoms with Gasteiger partial charge in [0.2, 0.25) is 0 Å². The molecule has 27 heavy (non-hydrogen) atoms. The molecule has 8 heteroatoms. The second-order valence-electron chi connectivity index (χ2n) is 5.74. The molecule has 0 saturated carbocycles. The number of anilines is 1. The second-order valence-corrected chi connectivity index (χ2v) is 7.42. The third kappa shape index (κ3) is 3.61. The molecule has 0 amide bonds. The Labute approximate surface area is 155 Å². The molecule has 1 N–H and O–H groups in total. The number of aryl methyl sites for hydroxylation is 1. The van der Waals surface area contributed by atoms with Crippen molar-refractivity contribution in [2.75, 3.05) is 11.8 Å². The minimum atomic E-state index is -4.09. The Kier molecular flexibility index (Phi) is 5.09. The molecule has 3 aromatic rings. The maximum Gasteiger partial charge on any atom is 0.261 e. The van der Waals surface area contributed by atoms with E-state index in [9.17, 15) is 17.2 Å². The topological polar surface area (TPSA) is 68.3 Å². The van der Waals surface area contributed by atoms with E-state index < -0.39 is 33.1 Å². The zero-order valence-corrected chi connectivity index (χ0v) is 15.3. The number of methoxy groups -OCH3 is 1. The van der Waals surface area contributed by atoms with Crippen molar-refractivity contribution in [2.45, 2.75) is 11.8 Å². The number of pyridine rings is 1. The highest BCUT2D eigenvalue weighted by atomic mass is 32.2. The molecule has 0 saturated heterocycles. The number of rotatable bonds is 5. The van der Waals surface area contributed by atoms with E-state index in [2.05, 4.69) is 9.71 Å². The number of nitrogens with one attached hydrogen (secondary N) is 1. The van der Waals surface area contributed by atoms with Crippen LogP contribution in [0.1, 0.15) is 5.56 Å². The lowest BCUT2D eigenvalue weighted by Crippen LogP contribution is -2.15. The first-order valence-corrected chi connectivity index (χ1v) is 9.38. The number of aromatic nitrogens is 1. The number of sulfonamides is 1. The molecule has 140 valence electrons.